The molecule has 5 atom stereocenters. The largest absolute Gasteiger partial charge is 0.507 e. The Hall–Kier alpha value is -0.670. The molecule has 0 unspecified atom stereocenters. The van der Waals surface area contributed by atoms with Gasteiger partial charge in [0.15, 0.2) is 0 Å². The number of hydrogen-bond acceptors (Lipinski definition) is 3. The third kappa shape index (κ3) is 2.34. The van der Waals surface area contributed by atoms with Crippen LogP contribution in [0.2, 0.25) is 0 Å². The van der Waals surface area contributed by atoms with Gasteiger partial charge in [-0.25, -0.2) is 0 Å². The van der Waals surface area contributed by atoms with Crippen molar-refractivity contribution in [1.29, 1.82) is 0 Å². The third-order valence-corrected chi connectivity index (χ3v) is 7.98. The smallest absolute Gasteiger partial charge is 0.129 e. The van der Waals surface area contributed by atoms with Crippen LogP contribution in [0.3, 0.4) is 0 Å². The fraction of sp³-hybridized carbons (Fsp3) is 0.700. The average molecular weight is 333 g/mol. The lowest BCUT2D eigenvalue weighted by Gasteiger charge is -2.50. The predicted molar refractivity (Wildman–Crippen MR) is 95.1 cm³/mol. The summed E-state index contributed by atoms with van der Waals surface area (Å²) in [6.07, 6.45) is 6.75. The summed E-state index contributed by atoms with van der Waals surface area (Å²) in [4.78, 5) is 1.05. The Morgan fingerprint density at radius 1 is 1.22 bits per heavy atom. The number of thioether (sulfide) groups is 1. The van der Waals surface area contributed by atoms with Gasteiger partial charge in [-0.2, -0.15) is 0 Å². The molecule has 0 heterocycles. The molecule has 0 saturated heterocycles. The fourth-order valence-electron chi connectivity index (χ4n) is 5.83. The summed E-state index contributed by atoms with van der Waals surface area (Å²) >= 11 is 1.74. The molecule has 1 aromatic rings. The van der Waals surface area contributed by atoms with Crippen LogP contribution >= 0.6 is 11.8 Å². The summed E-state index contributed by atoms with van der Waals surface area (Å²) in [5.74, 6) is 3.50. The van der Waals surface area contributed by atoms with Gasteiger partial charge in [0, 0.05) is 4.90 Å². The second kappa shape index (κ2) is 5.70. The van der Waals surface area contributed by atoms with Gasteiger partial charge in [-0.1, -0.05) is 13.8 Å². The van der Waals surface area contributed by atoms with Crippen molar-refractivity contribution >= 4 is 11.8 Å². The molecule has 3 heteroatoms. The van der Waals surface area contributed by atoms with Crippen LogP contribution in [0.4, 0.5) is 0 Å². The molecular formula is C20H28O2S. The Kier molecular flexibility index (Phi) is 3.92. The van der Waals surface area contributed by atoms with E-state index >= 15 is 0 Å². The number of hydrogen-bond donors (Lipinski definition) is 2. The van der Waals surface area contributed by atoms with E-state index in [-0.39, 0.29) is 11.5 Å². The van der Waals surface area contributed by atoms with Gasteiger partial charge in [0.05, 0.1) is 6.10 Å². The maximum Gasteiger partial charge on any atom is 0.129 e. The molecule has 1 aromatic carbocycles. The Bertz CT molecular complexity index is 614. The summed E-state index contributed by atoms with van der Waals surface area (Å²) in [6, 6.07) is 4.31. The van der Waals surface area contributed by atoms with Crippen molar-refractivity contribution in [3.8, 4) is 5.75 Å². The number of phenolic OH excluding ortho intramolecular Hbond substituents is 1. The minimum absolute atomic E-state index is 0.0964. The minimum atomic E-state index is -0.0964. The molecule has 0 amide bonds. The number of fused-ring (bicyclic) bond motifs is 5. The van der Waals surface area contributed by atoms with Gasteiger partial charge in [-0.05, 0) is 90.7 Å². The number of phenols is 1. The summed E-state index contributed by atoms with van der Waals surface area (Å²) in [7, 11) is 0. The first-order valence-corrected chi connectivity index (χ1v) is 10.2. The molecule has 23 heavy (non-hydrogen) atoms. The molecule has 3 aliphatic rings. The highest BCUT2D eigenvalue weighted by atomic mass is 32.2. The van der Waals surface area contributed by atoms with Crippen LogP contribution in [0, 0.1) is 17.3 Å². The highest BCUT2D eigenvalue weighted by Crippen LogP contribution is 2.61. The topological polar surface area (TPSA) is 40.5 Å². The van der Waals surface area contributed by atoms with E-state index in [0.717, 1.165) is 35.8 Å². The third-order valence-electron chi connectivity index (χ3n) is 7.05. The Morgan fingerprint density at radius 2 is 2.04 bits per heavy atom. The lowest BCUT2D eigenvalue weighted by molar-refractivity contribution is -0.0226. The zero-order valence-corrected chi connectivity index (χ0v) is 15.0. The van der Waals surface area contributed by atoms with Crippen LogP contribution < -0.4 is 0 Å². The molecule has 2 fully saturated rings. The van der Waals surface area contributed by atoms with Gasteiger partial charge in [-0.3, -0.25) is 0 Å². The number of rotatable bonds is 2. The normalized spacial score (nSPS) is 38.7. The van der Waals surface area contributed by atoms with Gasteiger partial charge >= 0.3 is 0 Å². The zero-order valence-electron chi connectivity index (χ0n) is 14.2. The van der Waals surface area contributed by atoms with Crippen molar-refractivity contribution in [2.75, 3.05) is 5.75 Å². The number of benzene rings is 1. The van der Waals surface area contributed by atoms with Crippen LogP contribution in [0.15, 0.2) is 17.0 Å². The Balaban J connectivity index is 1.70. The maximum absolute atomic E-state index is 10.5. The van der Waals surface area contributed by atoms with Crippen LogP contribution in [-0.2, 0) is 6.42 Å². The molecule has 2 nitrogen and oxygen atoms in total. The molecule has 4 rings (SSSR count). The van der Waals surface area contributed by atoms with Crippen molar-refractivity contribution in [3.05, 3.63) is 23.3 Å². The lowest BCUT2D eigenvalue weighted by atomic mass is 9.55. The van der Waals surface area contributed by atoms with E-state index in [4.69, 9.17) is 0 Å². The van der Waals surface area contributed by atoms with Gasteiger partial charge in [-0.15, -0.1) is 11.8 Å². The first-order chi connectivity index (χ1) is 11.0. The monoisotopic (exact) mass is 332 g/mol. The van der Waals surface area contributed by atoms with Gasteiger partial charge < -0.3 is 10.2 Å². The average Bonchev–Trinajstić information content (AvgIpc) is 2.84. The maximum atomic E-state index is 10.5. The molecule has 0 aliphatic heterocycles. The first-order valence-electron chi connectivity index (χ1n) is 9.21. The number of aryl methyl sites for hydroxylation is 1. The van der Waals surface area contributed by atoms with Gasteiger partial charge in [0.1, 0.15) is 5.75 Å². The number of aliphatic hydroxyl groups is 1. The number of aliphatic hydroxyl groups excluding tert-OH is 1. The Labute approximate surface area is 143 Å². The molecule has 0 bridgehead atoms. The van der Waals surface area contributed by atoms with E-state index in [1.165, 1.54) is 30.4 Å². The van der Waals surface area contributed by atoms with E-state index in [1.54, 1.807) is 11.8 Å². The van der Waals surface area contributed by atoms with Crippen molar-refractivity contribution in [2.45, 2.75) is 69.3 Å². The van der Waals surface area contributed by atoms with Gasteiger partial charge in [0.2, 0.25) is 0 Å². The van der Waals surface area contributed by atoms with Gasteiger partial charge in [0.25, 0.3) is 0 Å². The van der Waals surface area contributed by atoms with E-state index in [9.17, 15) is 10.2 Å². The molecule has 126 valence electrons. The van der Waals surface area contributed by atoms with Crippen LogP contribution in [-0.4, -0.2) is 22.1 Å². The van der Waals surface area contributed by atoms with Crippen molar-refractivity contribution in [2.24, 2.45) is 17.3 Å². The molecule has 2 saturated carbocycles. The van der Waals surface area contributed by atoms with Crippen molar-refractivity contribution < 1.29 is 10.2 Å². The minimum Gasteiger partial charge on any atom is -0.507 e. The first kappa shape index (κ1) is 15.8. The second-order valence-electron chi connectivity index (χ2n) is 8.00. The molecule has 2 N–H and O–H groups in total. The standard InChI is InChI=1S/C20H28O2S/c1-3-23-18-11-15-12(10-17(18)21)4-5-14-13(15)8-9-20(2)16(14)6-7-19(20)22/h10-11,13-14,16,19,21-22H,3-9H2,1-2H3/t13-,14+,16-,19+,20-/m0/s1. The van der Waals surface area contributed by atoms with E-state index in [2.05, 4.69) is 19.9 Å². The summed E-state index contributed by atoms with van der Waals surface area (Å²) < 4.78 is 0. The highest BCUT2D eigenvalue weighted by molar-refractivity contribution is 7.99. The quantitative estimate of drug-likeness (QED) is 0.770. The number of aromatic hydroxyl groups is 1. The second-order valence-corrected chi connectivity index (χ2v) is 9.31. The molecular weight excluding hydrogens is 304 g/mol. The van der Waals surface area contributed by atoms with Crippen molar-refractivity contribution in [1.82, 2.24) is 0 Å². The van der Waals surface area contributed by atoms with Crippen LogP contribution in [0.25, 0.3) is 0 Å². The van der Waals surface area contributed by atoms with E-state index in [0.29, 0.717) is 17.6 Å². The lowest BCUT2D eigenvalue weighted by Crippen LogP contribution is -2.43. The highest BCUT2D eigenvalue weighted by Gasteiger charge is 2.54. The van der Waals surface area contributed by atoms with E-state index < -0.39 is 0 Å². The molecule has 0 radical (unpaired) electrons. The summed E-state index contributed by atoms with van der Waals surface area (Å²) in [5, 5.41) is 20.7. The SMILES string of the molecule is CCSc1cc2c(cc1O)CC[C@@H]1[C@@H]2CC[C@]2(C)[C@H](O)CC[C@@H]12. The summed E-state index contributed by atoms with van der Waals surface area (Å²) in [6.45, 7) is 4.47. The fourth-order valence-corrected chi connectivity index (χ4v) is 6.56. The molecule has 0 spiro atoms. The van der Waals surface area contributed by atoms with Crippen LogP contribution in [0.5, 0.6) is 5.75 Å². The zero-order chi connectivity index (χ0) is 16.2. The Morgan fingerprint density at radius 3 is 2.83 bits per heavy atom. The summed E-state index contributed by atoms with van der Waals surface area (Å²) in [5.41, 5.74) is 3.01. The molecule has 0 aromatic heterocycles. The molecule has 3 aliphatic carbocycles. The van der Waals surface area contributed by atoms with E-state index in [1.807, 2.05) is 6.07 Å². The predicted octanol–water partition coefficient (Wildman–Crippen LogP) is 4.72. The van der Waals surface area contributed by atoms with Crippen LogP contribution in [0.1, 0.15) is 63.0 Å². The van der Waals surface area contributed by atoms with Crippen molar-refractivity contribution in [3.63, 3.8) is 0 Å².